The number of amides is 1. The van der Waals surface area contributed by atoms with Gasteiger partial charge >= 0.3 is 6.01 Å². The fourth-order valence-electron chi connectivity index (χ4n) is 6.50. The van der Waals surface area contributed by atoms with E-state index in [1.165, 1.54) is 4.90 Å². The molecule has 0 radical (unpaired) electrons. The van der Waals surface area contributed by atoms with Gasteiger partial charge in [0.25, 0.3) is 5.91 Å². The molecule has 1 N–H and O–H groups in total. The molecule has 1 amide bonds. The van der Waals surface area contributed by atoms with E-state index in [2.05, 4.69) is 16.3 Å². The van der Waals surface area contributed by atoms with Crippen molar-refractivity contribution in [1.82, 2.24) is 19.8 Å². The summed E-state index contributed by atoms with van der Waals surface area (Å²) < 4.78 is 26.4. The number of rotatable bonds is 7. The average Bonchev–Trinajstić information content (AvgIpc) is 3.35. The second-order valence-corrected chi connectivity index (χ2v) is 12.0. The number of aliphatic hydroxyl groups excluding tert-OH is 1. The molecule has 2 aromatic carbocycles. The minimum absolute atomic E-state index is 0.0168. The lowest BCUT2D eigenvalue weighted by molar-refractivity contribution is -0.131. The van der Waals surface area contributed by atoms with Gasteiger partial charge < -0.3 is 29.2 Å². The molecule has 0 aliphatic carbocycles. The summed E-state index contributed by atoms with van der Waals surface area (Å²) in [5.74, 6) is -1.23. The first kappa shape index (κ1) is 30.2. The number of piperazine rings is 1. The number of β-amino-alcohol motifs (C(OH)–C–C–N with tert-alkyl or cyclic N) is 1. The van der Waals surface area contributed by atoms with Crippen molar-refractivity contribution < 1.29 is 23.8 Å². The van der Waals surface area contributed by atoms with Gasteiger partial charge in [-0.05, 0) is 30.5 Å². The zero-order valence-corrected chi connectivity index (χ0v) is 25.2. The Balaban J connectivity index is 1.34. The second-order valence-electron chi connectivity index (χ2n) is 11.6. The molecule has 2 fully saturated rings. The molecule has 230 valence electrons. The van der Waals surface area contributed by atoms with Crippen LogP contribution in [-0.4, -0.2) is 95.3 Å². The molecular weight excluding hydrogens is 587 g/mol. The monoisotopic (exact) mass is 620 g/mol. The van der Waals surface area contributed by atoms with E-state index >= 15 is 0 Å². The number of nitrogens with zero attached hydrogens (tertiary/aromatic N) is 6. The zero-order chi connectivity index (χ0) is 31.0. The fourth-order valence-corrected chi connectivity index (χ4v) is 6.79. The third-order valence-corrected chi connectivity index (χ3v) is 9.05. The van der Waals surface area contributed by atoms with Crippen molar-refractivity contribution in [2.75, 3.05) is 51.3 Å². The Morgan fingerprint density at radius 1 is 1.23 bits per heavy atom. The lowest BCUT2D eigenvalue weighted by Gasteiger charge is -2.40. The normalized spacial score (nSPS) is 23.8. The maximum Gasteiger partial charge on any atom is 0.318 e. The van der Waals surface area contributed by atoms with Crippen LogP contribution < -0.4 is 9.64 Å². The molecular formula is C32H34ClFN6O4. The number of ether oxygens (including phenoxy) is 2. The summed E-state index contributed by atoms with van der Waals surface area (Å²) in [5, 5.41) is 12.7. The van der Waals surface area contributed by atoms with Crippen molar-refractivity contribution >= 4 is 34.1 Å². The van der Waals surface area contributed by atoms with E-state index in [1.54, 1.807) is 0 Å². The molecule has 4 atom stereocenters. The quantitative estimate of drug-likeness (QED) is 0.313. The first-order chi connectivity index (χ1) is 21.2. The standard InChI is InChI=1S/C32H34ClFN6O4/c1-19(34)31(42)40-11-10-39(15-22(40)14-35-2)30-25-18-43-28(24-8-4-6-20-7-5-9-26(33)29(20)24)13-27(25)36-32(37-30)44-17-21-12-23(41)16-38(21)3/h4-9,21-23,28,41H,1,10-18H2,3H3/t21-,22+,23-,28?/m1/s1. The van der Waals surface area contributed by atoms with E-state index in [1.807, 2.05) is 48.3 Å². The molecule has 2 saturated heterocycles. The van der Waals surface area contributed by atoms with Crippen LogP contribution in [0.4, 0.5) is 10.2 Å². The smallest absolute Gasteiger partial charge is 0.318 e. The Hall–Kier alpha value is -3.82. The third kappa shape index (κ3) is 5.95. The maximum atomic E-state index is 13.8. The first-order valence-corrected chi connectivity index (χ1v) is 15.0. The SMILES string of the molecule is [C-]#[N+]C[C@H]1CN(c2nc(OC[C@H]3C[C@@H](O)CN3C)nc3c2COC(c2cccc4cccc(Cl)c24)C3)CCN1C(=O)C(=C)F. The highest BCUT2D eigenvalue weighted by atomic mass is 35.5. The third-order valence-electron chi connectivity index (χ3n) is 8.74. The van der Waals surface area contributed by atoms with Crippen LogP contribution in [0.25, 0.3) is 15.6 Å². The summed E-state index contributed by atoms with van der Waals surface area (Å²) in [6.45, 7) is 12.6. The zero-order valence-electron chi connectivity index (χ0n) is 24.5. The van der Waals surface area contributed by atoms with E-state index in [9.17, 15) is 14.3 Å². The predicted molar refractivity (Wildman–Crippen MR) is 164 cm³/mol. The molecule has 0 spiro atoms. The lowest BCUT2D eigenvalue weighted by Crippen LogP contribution is -2.57. The molecule has 3 aliphatic rings. The van der Waals surface area contributed by atoms with Gasteiger partial charge in [0, 0.05) is 54.6 Å². The second kappa shape index (κ2) is 12.7. The Kier molecular flexibility index (Phi) is 8.69. The topological polar surface area (TPSA) is 95.6 Å². The Labute approximate surface area is 260 Å². The maximum absolute atomic E-state index is 13.8. The van der Waals surface area contributed by atoms with Crippen molar-refractivity contribution in [1.29, 1.82) is 0 Å². The van der Waals surface area contributed by atoms with Crippen LogP contribution in [0, 0.1) is 6.57 Å². The van der Waals surface area contributed by atoms with Gasteiger partial charge in [0.2, 0.25) is 6.54 Å². The highest BCUT2D eigenvalue weighted by molar-refractivity contribution is 6.35. The summed E-state index contributed by atoms with van der Waals surface area (Å²) >= 11 is 6.64. The van der Waals surface area contributed by atoms with Gasteiger partial charge in [0.15, 0.2) is 5.83 Å². The van der Waals surface area contributed by atoms with E-state index < -0.39 is 23.9 Å². The number of carbonyl (C=O) groups is 1. The van der Waals surface area contributed by atoms with E-state index in [0.717, 1.165) is 27.6 Å². The van der Waals surface area contributed by atoms with Crippen LogP contribution in [0.3, 0.4) is 0 Å². The molecule has 12 heteroatoms. The number of aromatic nitrogens is 2. The highest BCUT2D eigenvalue weighted by Crippen LogP contribution is 2.39. The minimum atomic E-state index is -1.04. The average molecular weight is 621 g/mol. The number of hydrogen-bond acceptors (Lipinski definition) is 8. The molecule has 3 aliphatic heterocycles. The fraction of sp³-hybridized carbons (Fsp3) is 0.438. The number of halogens is 2. The summed E-state index contributed by atoms with van der Waals surface area (Å²) in [4.78, 5) is 31.1. The molecule has 10 nitrogen and oxygen atoms in total. The van der Waals surface area contributed by atoms with Crippen LogP contribution in [0.2, 0.25) is 5.02 Å². The molecule has 44 heavy (non-hydrogen) atoms. The van der Waals surface area contributed by atoms with Gasteiger partial charge in [-0.2, -0.15) is 9.97 Å². The van der Waals surface area contributed by atoms with Crippen molar-refractivity contribution in [2.24, 2.45) is 0 Å². The van der Waals surface area contributed by atoms with Gasteiger partial charge in [-0.15, -0.1) is 0 Å². The Morgan fingerprint density at radius 3 is 2.75 bits per heavy atom. The van der Waals surface area contributed by atoms with Crippen LogP contribution in [0.1, 0.15) is 29.3 Å². The Morgan fingerprint density at radius 2 is 2.02 bits per heavy atom. The number of carbonyl (C=O) groups excluding carboxylic acids is 1. The van der Waals surface area contributed by atoms with Crippen molar-refractivity contribution in [3.63, 3.8) is 0 Å². The van der Waals surface area contributed by atoms with Gasteiger partial charge in [0.1, 0.15) is 18.5 Å². The number of likely N-dealkylation sites (N-methyl/N-ethyl adjacent to an activating group) is 1. The molecule has 0 bridgehead atoms. The van der Waals surface area contributed by atoms with Gasteiger partial charge in [-0.3, -0.25) is 9.69 Å². The molecule has 1 unspecified atom stereocenters. The predicted octanol–water partition coefficient (Wildman–Crippen LogP) is 3.96. The van der Waals surface area contributed by atoms with Gasteiger partial charge in [-0.1, -0.05) is 48.5 Å². The van der Waals surface area contributed by atoms with E-state index in [4.69, 9.17) is 37.6 Å². The van der Waals surface area contributed by atoms with E-state index in [0.29, 0.717) is 43.4 Å². The minimum Gasteiger partial charge on any atom is -0.462 e. The van der Waals surface area contributed by atoms with Crippen LogP contribution in [0.15, 0.2) is 48.8 Å². The van der Waals surface area contributed by atoms with Crippen molar-refractivity contribution in [2.45, 2.75) is 43.7 Å². The number of likely N-dealkylation sites (tertiary alicyclic amines) is 1. The van der Waals surface area contributed by atoms with Crippen LogP contribution in [0.5, 0.6) is 6.01 Å². The summed E-state index contributed by atoms with van der Waals surface area (Å²) in [7, 11) is 1.95. The summed E-state index contributed by atoms with van der Waals surface area (Å²) in [5.41, 5.74) is 2.56. The molecule has 4 heterocycles. The number of hydrogen-bond donors (Lipinski definition) is 1. The van der Waals surface area contributed by atoms with E-state index in [-0.39, 0.29) is 44.4 Å². The summed E-state index contributed by atoms with van der Waals surface area (Å²) in [6.07, 6.45) is 0.343. The van der Waals surface area contributed by atoms with Crippen LogP contribution in [-0.2, 0) is 22.6 Å². The molecule has 1 aromatic heterocycles. The van der Waals surface area contributed by atoms with Gasteiger partial charge in [0.05, 0.1) is 24.5 Å². The van der Waals surface area contributed by atoms with Crippen molar-refractivity contribution in [3.8, 4) is 6.01 Å². The van der Waals surface area contributed by atoms with Gasteiger partial charge in [-0.25, -0.2) is 11.0 Å². The number of benzene rings is 2. The molecule has 0 saturated carbocycles. The Bertz CT molecular complexity index is 1630. The largest absolute Gasteiger partial charge is 0.462 e. The number of aliphatic hydroxyl groups is 1. The van der Waals surface area contributed by atoms with Crippen molar-refractivity contribution in [3.05, 3.63) is 82.1 Å². The van der Waals surface area contributed by atoms with Crippen LogP contribution >= 0.6 is 11.6 Å². The first-order valence-electron chi connectivity index (χ1n) is 14.7. The number of anilines is 1. The molecule has 6 rings (SSSR count). The highest BCUT2D eigenvalue weighted by Gasteiger charge is 2.37. The molecule has 3 aromatic rings. The lowest BCUT2D eigenvalue weighted by atomic mass is 9.94. The summed E-state index contributed by atoms with van der Waals surface area (Å²) in [6, 6.07) is 11.5. The number of fused-ring (bicyclic) bond motifs is 2.